The third kappa shape index (κ3) is 1.27. The van der Waals surface area contributed by atoms with Crippen molar-refractivity contribution in [3.8, 4) is 0 Å². The SMILES string of the molecule is Pn1ccc2cc(I)ncc21. The van der Waals surface area contributed by atoms with E-state index in [2.05, 4.69) is 49.1 Å². The van der Waals surface area contributed by atoms with Crippen molar-refractivity contribution in [1.82, 2.24) is 9.32 Å². The molecule has 2 rings (SSSR count). The van der Waals surface area contributed by atoms with Gasteiger partial charge in [-0.1, -0.05) is 0 Å². The predicted octanol–water partition coefficient (Wildman–Crippen LogP) is 2.28. The summed E-state index contributed by atoms with van der Waals surface area (Å²) in [7, 11) is 2.62. The molecule has 0 aliphatic heterocycles. The Morgan fingerprint density at radius 2 is 2.36 bits per heavy atom. The zero-order valence-corrected chi connectivity index (χ0v) is 8.97. The van der Waals surface area contributed by atoms with Crippen molar-refractivity contribution in [1.29, 1.82) is 0 Å². The molecule has 2 aromatic heterocycles. The van der Waals surface area contributed by atoms with Gasteiger partial charge >= 0.3 is 0 Å². The van der Waals surface area contributed by atoms with Crippen molar-refractivity contribution in [3.63, 3.8) is 0 Å². The molecule has 4 heteroatoms. The largest absolute Gasteiger partial charge is 0.331 e. The van der Waals surface area contributed by atoms with Gasteiger partial charge in [-0.25, -0.2) is 4.98 Å². The minimum atomic E-state index is 1.03. The summed E-state index contributed by atoms with van der Waals surface area (Å²) in [5, 5.41) is 1.24. The second-order valence-corrected chi connectivity index (χ2v) is 3.95. The van der Waals surface area contributed by atoms with E-state index in [1.54, 1.807) is 0 Å². The smallest absolute Gasteiger partial charge is 0.102 e. The van der Waals surface area contributed by atoms with Gasteiger partial charge < -0.3 is 4.34 Å². The Hall–Kier alpha value is -0.150. The van der Waals surface area contributed by atoms with Crippen LogP contribution in [0.1, 0.15) is 0 Å². The average Bonchev–Trinajstić information content (AvgIpc) is 2.32. The molecule has 2 aromatic rings. The van der Waals surface area contributed by atoms with Crippen LogP contribution in [0.25, 0.3) is 10.9 Å². The Morgan fingerprint density at radius 3 is 3.18 bits per heavy atom. The zero-order valence-electron chi connectivity index (χ0n) is 5.66. The number of pyridine rings is 1. The summed E-state index contributed by atoms with van der Waals surface area (Å²) in [6, 6.07) is 4.14. The van der Waals surface area contributed by atoms with Crippen molar-refractivity contribution in [2.75, 3.05) is 0 Å². The standard InChI is InChI=1S/C7H6IN2P/c8-7-3-5-1-2-10(11)6(5)4-9-7/h1-4H,11H2. The Labute approximate surface area is 80.4 Å². The normalized spacial score (nSPS) is 10.7. The lowest BCUT2D eigenvalue weighted by Crippen LogP contribution is -1.80. The van der Waals surface area contributed by atoms with E-state index in [4.69, 9.17) is 0 Å². The van der Waals surface area contributed by atoms with E-state index in [1.807, 2.05) is 16.7 Å². The van der Waals surface area contributed by atoms with Crippen molar-refractivity contribution >= 4 is 42.9 Å². The third-order valence-electron chi connectivity index (χ3n) is 1.57. The summed E-state index contributed by atoms with van der Waals surface area (Å²) >= 11 is 2.21. The van der Waals surface area contributed by atoms with Gasteiger partial charge in [0.25, 0.3) is 0 Å². The molecule has 0 saturated heterocycles. The molecule has 11 heavy (non-hydrogen) atoms. The Kier molecular flexibility index (Phi) is 1.85. The Bertz CT molecular complexity index is 396. The Balaban J connectivity index is 2.86. The zero-order chi connectivity index (χ0) is 7.84. The number of fused-ring (bicyclic) bond motifs is 1. The first-order valence-electron chi connectivity index (χ1n) is 3.15. The molecule has 0 aliphatic rings. The maximum atomic E-state index is 4.19. The lowest BCUT2D eigenvalue weighted by atomic mass is 10.3. The van der Waals surface area contributed by atoms with Crippen LogP contribution in [-0.4, -0.2) is 9.32 Å². The van der Waals surface area contributed by atoms with Crippen LogP contribution in [0.4, 0.5) is 0 Å². The molecule has 1 unspecified atom stereocenters. The molecule has 0 aromatic carbocycles. The van der Waals surface area contributed by atoms with Crippen LogP contribution in [0.3, 0.4) is 0 Å². The summed E-state index contributed by atoms with van der Waals surface area (Å²) < 4.78 is 3.02. The number of halogens is 1. The van der Waals surface area contributed by atoms with E-state index in [9.17, 15) is 0 Å². The van der Waals surface area contributed by atoms with E-state index in [-0.39, 0.29) is 0 Å². The number of aromatic nitrogens is 2. The van der Waals surface area contributed by atoms with Gasteiger partial charge in [0, 0.05) is 11.6 Å². The highest BCUT2D eigenvalue weighted by Crippen LogP contribution is 2.17. The predicted molar refractivity (Wildman–Crippen MR) is 57.6 cm³/mol. The first-order chi connectivity index (χ1) is 5.27. The van der Waals surface area contributed by atoms with Gasteiger partial charge in [0.1, 0.15) is 3.70 Å². The molecule has 0 N–H and O–H groups in total. The fourth-order valence-corrected chi connectivity index (χ4v) is 1.80. The molecule has 0 bridgehead atoms. The quantitative estimate of drug-likeness (QED) is 0.410. The van der Waals surface area contributed by atoms with Gasteiger partial charge in [0.15, 0.2) is 0 Å². The van der Waals surface area contributed by atoms with Crippen LogP contribution in [-0.2, 0) is 0 Å². The summed E-state index contributed by atoms with van der Waals surface area (Å²) in [6.45, 7) is 0. The lowest BCUT2D eigenvalue weighted by Gasteiger charge is -1.94. The maximum Gasteiger partial charge on any atom is 0.102 e. The number of hydrogen-bond acceptors (Lipinski definition) is 1. The minimum Gasteiger partial charge on any atom is -0.331 e. The fourth-order valence-electron chi connectivity index (χ4n) is 1.03. The molecule has 0 amide bonds. The first-order valence-corrected chi connectivity index (χ1v) is 4.74. The van der Waals surface area contributed by atoms with Gasteiger partial charge in [-0.2, -0.15) is 0 Å². The van der Waals surface area contributed by atoms with E-state index in [0.717, 1.165) is 9.22 Å². The summed E-state index contributed by atoms with van der Waals surface area (Å²) in [6.07, 6.45) is 3.89. The van der Waals surface area contributed by atoms with Gasteiger partial charge in [-0.3, -0.25) is 0 Å². The van der Waals surface area contributed by atoms with Crippen molar-refractivity contribution in [2.24, 2.45) is 0 Å². The minimum absolute atomic E-state index is 1.03. The molecule has 56 valence electrons. The van der Waals surface area contributed by atoms with E-state index < -0.39 is 0 Å². The van der Waals surface area contributed by atoms with Crippen LogP contribution in [0.5, 0.6) is 0 Å². The molecule has 0 spiro atoms. The number of rotatable bonds is 0. The number of hydrogen-bond donors (Lipinski definition) is 0. The molecular weight excluding hydrogens is 270 g/mol. The molecule has 1 atom stereocenters. The third-order valence-corrected chi connectivity index (χ3v) is 2.61. The van der Waals surface area contributed by atoms with Gasteiger partial charge in [0.05, 0.1) is 11.7 Å². The highest BCUT2D eigenvalue weighted by molar-refractivity contribution is 14.1. The number of nitrogens with zero attached hydrogens (tertiary/aromatic N) is 2. The van der Waals surface area contributed by atoms with Gasteiger partial charge in [0.2, 0.25) is 0 Å². The van der Waals surface area contributed by atoms with Crippen LogP contribution in [0.2, 0.25) is 0 Å². The highest BCUT2D eigenvalue weighted by atomic mass is 127. The van der Waals surface area contributed by atoms with Crippen molar-refractivity contribution in [2.45, 2.75) is 0 Å². The highest BCUT2D eigenvalue weighted by Gasteiger charge is 1.97. The van der Waals surface area contributed by atoms with Crippen LogP contribution >= 0.6 is 32.0 Å². The fraction of sp³-hybridized carbons (Fsp3) is 0. The van der Waals surface area contributed by atoms with Crippen molar-refractivity contribution < 1.29 is 0 Å². The van der Waals surface area contributed by atoms with E-state index in [1.165, 1.54) is 5.39 Å². The Morgan fingerprint density at radius 1 is 1.55 bits per heavy atom. The van der Waals surface area contributed by atoms with Crippen LogP contribution in [0.15, 0.2) is 24.5 Å². The topological polar surface area (TPSA) is 17.8 Å². The lowest BCUT2D eigenvalue weighted by molar-refractivity contribution is 1.26. The van der Waals surface area contributed by atoms with Gasteiger partial charge in [-0.15, -0.1) is 0 Å². The van der Waals surface area contributed by atoms with Crippen LogP contribution in [0, 0.1) is 3.70 Å². The van der Waals surface area contributed by atoms with E-state index >= 15 is 0 Å². The molecule has 2 heterocycles. The molecule has 0 fully saturated rings. The van der Waals surface area contributed by atoms with E-state index in [0.29, 0.717) is 0 Å². The summed E-state index contributed by atoms with van der Waals surface area (Å²) in [5.74, 6) is 0. The first kappa shape index (κ1) is 7.50. The second kappa shape index (κ2) is 2.72. The summed E-state index contributed by atoms with van der Waals surface area (Å²) in [5.41, 5.74) is 1.15. The molecule has 0 aliphatic carbocycles. The monoisotopic (exact) mass is 276 g/mol. The molecule has 0 saturated carbocycles. The van der Waals surface area contributed by atoms with Gasteiger partial charge in [-0.05, 0) is 44.1 Å². The second-order valence-electron chi connectivity index (χ2n) is 2.29. The molecular formula is C7H6IN2P. The molecule has 0 radical (unpaired) electrons. The van der Waals surface area contributed by atoms with Crippen LogP contribution < -0.4 is 0 Å². The summed E-state index contributed by atoms with van der Waals surface area (Å²) in [4.78, 5) is 4.19. The average molecular weight is 276 g/mol. The maximum absolute atomic E-state index is 4.19. The molecule has 2 nitrogen and oxygen atoms in total. The van der Waals surface area contributed by atoms with Crippen molar-refractivity contribution in [3.05, 3.63) is 28.2 Å².